The summed E-state index contributed by atoms with van der Waals surface area (Å²) in [5.41, 5.74) is 3.30. The van der Waals surface area contributed by atoms with Crippen molar-refractivity contribution in [1.82, 2.24) is 14.8 Å². The monoisotopic (exact) mass is 471 g/mol. The molecule has 4 rings (SSSR count). The molecule has 0 aliphatic carbocycles. The van der Waals surface area contributed by atoms with Crippen LogP contribution in [0.15, 0.2) is 73.1 Å². The molecule has 2 atom stereocenters. The van der Waals surface area contributed by atoms with Crippen LogP contribution in [0.4, 0.5) is 0 Å². The van der Waals surface area contributed by atoms with Gasteiger partial charge in [0.05, 0.1) is 6.04 Å². The molecule has 1 aromatic heterocycles. The number of nitrogens with zero attached hydrogens (tertiary/aromatic N) is 3. The Morgan fingerprint density at radius 2 is 1.74 bits per heavy atom. The molecule has 1 aliphatic rings. The summed E-state index contributed by atoms with van der Waals surface area (Å²) in [4.78, 5) is 47.0. The zero-order valence-electron chi connectivity index (χ0n) is 20.2. The van der Waals surface area contributed by atoms with Gasteiger partial charge in [0.2, 0.25) is 5.78 Å². The summed E-state index contributed by atoms with van der Waals surface area (Å²) < 4.78 is 5.86. The first-order valence-electron chi connectivity index (χ1n) is 11.6. The van der Waals surface area contributed by atoms with Crippen LogP contribution in [0.3, 0.4) is 0 Å². The van der Waals surface area contributed by atoms with Crippen LogP contribution >= 0.6 is 0 Å². The molecule has 2 unspecified atom stereocenters. The molecule has 0 spiro atoms. The fourth-order valence-electron chi connectivity index (χ4n) is 4.33. The summed E-state index contributed by atoms with van der Waals surface area (Å²) >= 11 is 0. The van der Waals surface area contributed by atoms with E-state index >= 15 is 0 Å². The number of aromatic nitrogens is 1. The van der Waals surface area contributed by atoms with E-state index in [0.29, 0.717) is 31.0 Å². The lowest BCUT2D eigenvalue weighted by molar-refractivity contribution is -0.140. The van der Waals surface area contributed by atoms with E-state index in [1.54, 1.807) is 48.8 Å². The maximum Gasteiger partial charge on any atom is 0.291 e. The summed E-state index contributed by atoms with van der Waals surface area (Å²) in [5.74, 6) is -2.15. The Balaban J connectivity index is 1.55. The Morgan fingerprint density at radius 3 is 2.40 bits per heavy atom. The van der Waals surface area contributed by atoms with E-state index in [1.165, 1.54) is 4.90 Å². The largest absolute Gasteiger partial charge is 0.489 e. The van der Waals surface area contributed by atoms with Gasteiger partial charge in [0.1, 0.15) is 18.3 Å². The Labute approximate surface area is 205 Å². The van der Waals surface area contributed by atoms with Crippen LogP contribution in [0, 0.1) is 12.8 Å². The first-order chi connectivity index (χ1) is 16.8. The number of carbonyl (C=O) groups is 3. The van der Waals surface area contributed by atoms with Crippen molar-refractivity contribution in [3.63, 3.8) is 0 Å². The summed E-state index contributed by atoms with van der Waals surface area (Å²) in [6.45, 7) is 3.37. The maximum absolute atomic E-state index is 13.5. The summed E-state index contributed by atoms with van der Waals surface area (Å²) in [7, 11) is 3.80. The molecule has 1 amide bonds. The molecule has 1 saturated heterocycles. The number of hydrogen-bond acceptors (Lipinski definition) is 6. The Bertz CT molecular complexity index is 1210. The highest BCUT2D eigenvalue weighted by Gasteiger charge is 2.51. The molecule has 2 aromatic carbocycles. The molecule has 7 nitrogen and oxygen atoms in total. The summed E-state index contributed by atoms with van der Waals surface area (Å²) in [5, 5.41) is 0. The number of hydrogen-bond donors (Lipinski definition) is 0. The predicted octanol–water partition coefficient (Wildman–Crippen LogP) is 3.48. The molecular weight excluding hydrogens is 442 g/mol. The lowest BCUT2D eigenvalue weighted by Crippen LogP contribution is -2.36. The highest BCUT2D eigenvalue weighted by Crippen LogP contribution is 2.38. The zero-order valence-corrected chi connectivity index (χ0v) is 20.2. The minimum Gasteiger partial charge on any atom is -0.489 e. The van der Waals surface area contributed by atoms with Crippen molar-refractivity contribution in [2.75, 3.05) is 27.2 Å². The quantitative estimate of drug-likeness (QED) is 0.270. The first kappa shape index (κ1) is 24.3. The van der Waals surface area contributed by atoms with Gasteiger partial charge in [-0.05, 0) is 68.5 Å². The molecule has 1 aliphatic heterocycles. The second kappa shape index (κ2) is 10.6. The molecule has 0 N–H and O–H groups in total. The highest BCUT2D eigenvalue weighted by atomic mass is 16.5. The van der Waals surface area contributed by atoms with Crippen molar-refractivity contribution in [3.05, 3.63) is 95.3 Å². The maximum atomic E-state index is 13.5. The normalized spacial score (nSPS) is 17.8. The van der Waals surface area contributed by atoms with Gasteiger partial charge in [-0.3, -0.25) is 19.4 Å². The van der Waals surface area contributed by atoms with Crippen LogP contribution in [0.1, 0.15) is 33.1 Å². The van der Waals surface area contributed by atoms with Gasteiger partial charge in [-0.25, -0.2) is 0 Å². The molecular formula is C28H29N3O4. The molecule has 0 bridgehead atoms. The smallest absolute Gasteiger partial charge is 0.291 e. The van der Waals surface area contributed by atoms with E-state index in [1.807, 2.05) is 44.1 Å². The van der Waals surface area contributed by atoms with Gasteiger partial charge < -0.3 is 14.5 Å². The number of likely N-dealkylation sites (N-methyl/N-ethyl adjacent to an activating group) is 1. The third-order valence-electron chi connectivity index (χ3n) is 6.15. The number of rotatable bonds is 9. The van der Waals surface area contributed by atoms with Gasteiger partial charge in [-0.15, -0.1) is 0 Å². The fraction of sp³-hybridized carbons (Fsp3) is 0.286. The molecule has 0 radical (unpaired) electrons. The van der Waals surface area contributed by atoms with Crippen molar-refractivity contribution < 1.29 is 19.1 Å². The highest BCUT2D eigenvalue weighted by molar-refractivity contribution is 6.44. The molecule has 35 heavy (non-hydrogen) atoms. The van der Waals surface area contributed by atoms with Crippen molar-refractivity contribution in [2.24, 2.45) is 5.92 Å². The Morgan fingerprint density at radius 1 is 1.03 bits per heavy atom. The standard InChI is InChI=1S/C28H29N3O4/c1-19-5-4-6-20(17-19)18-35-23-9-7-22(8-10-23)26(32)24-25(21-11-13-29-14-12-21)31(16-15-30(2)3)28(34)27(24)33/h4-14,17,24-25H,15-16,18H2,1-3H3. The lowest BCUT2D eigenvalue weighted by Gasteiger charge is -2.28. The number of Topliss-reactive ketones (excluding diaryl/α,β-unsaturated/α-hetero) is 2. The first-order valence-corrected chi connectivity index (χ1v) is 11.6. The second-order valence-electron chi connectivity index (χ2n) is 9.04. The number of carbonyl (C=O) groups excluding carboxylic acids is 3. The molecule has 7 heteroatoms. The zero-order chi connectivity index (χ0) is 24.9. The molecule has 180 valence electrons. The van der Waals surface area contributed by atoms with Gasteiger partial charge >= 0.3 is 0 Å². The minimum atomic E-state index is -1.11. The third kappa shape index (κ3) is 5.46. The lowest BCUT2D eigenvalue weighted by atomic mass is 9.86. The Hall–Kier alpha value is -3.84. The van der Waals surface area contributed by atoms with Crippen molar-refractivity contribution in [3.8, 4) is 5.75 Å². The van der Waals surface area contributed by atoms with E-state index in [2.05, 4.69) is 11.1 Å². The van der Waals surface area contributed by atoms with E-state index in [-0.39, 0.29) is 5.78 Å². The average Bonchev–Trinajstić information content (AvgIpc) is 3.11. The predicted molar refractivity (Wildman–Crippen MR) is 132 cm³/mol. The van der Waals surface area contributed by atoms with Gasteiger partial charge in [-0.2, -0.15) is 0 Å². The number of likely N-dealkylation sites (tertiary alicyclic amines) is 1. The second-order valence-corrected chi connectivity index (χ2v) is 9.04. The van der Waals surface area contributed by atoms with E-state index < -0.39 is 23.7 Å². The minimum absolute atomic E-state index is 0.347. The van der Waals surface area contributed by atoms with Gasteiger partial charge in [-0.1, -0.05) is 29.8 Å². The van der Waals surface area contributed by atoms with Crippen molar-refractivity contribution >= 4 is 17.5 Å². The molecule has 0 saturated carbocycles. The Kier molecular flexibility index (Phi) is 7.36. The topological polar surface area (TPSA) is 79.8 Å². The van der Waals surface area contributed by atoms with Gasteiger partial charge in [0.25, 0.3) is 5.91 Å². The van der Waals surface area contributed by atoms with E-state index in [0.717, 1.165) is 16.7 Å². The van der Waals surface area contributed by atoms with Crippen LogP contribution in [0.2, 0.25) is 0 Å². The number of ketones is 2. The van der Waals surface area contributed by atoms with Crippen molar-refractivity contribution in [1.29, 1.82) is 0 Å². The van der Waals surface area contributed by atoms with E-state index in [9.17, 15) is 14.4 Å². The van der Waals surface area contributed by atoms with Crippen LogP contribution < -0.4 is 4.74 Å². The number of pyridine rings is 1. The number of benzene rings is 2. The van der Waals surface area contributed by atoms with E-state index in [4.69, 9.17) is 4.74 Å². The fourth-order valence-corrected chi connectivity index (χ4v) is 4.33. The number of aryl methyl sites for hydroxylation is 1. The number of ether oxygens (including phenoxy) is 1. The van der Waals surface area contributed by atoms with Crippen LogP contribution in [-0.4, -0.2) is 59.4 Å². The van der Waals surface area contributed by atoms with Crippen LogP contribution in [0.5, 0.6) is 5.75 Å². The molecule has 1 fully saturated rings. The van der Waals surface area contributed by atoms with Gasteiger partial charge in [0.15, 0.2) is 5.78 Å². The average molecular weight is 472 g/mol. The molecule has 3 aromatic rings. The third-order valence-corrected chi connectivity index (χ3v) is 6.15. The summed E-state index contributed by atoms with van der Waals surface area (Å²) in [6.07, 6.45) is 3.21. The van der Waals surface area contributed by atoms with Crippen LogP contribution in [0.25, 0.3) is 0 Å². The molecule has 2 heterocycles. The number of amides is 1. The van der Waals surface area contributed by atoms with Crippen LogP contribution in [-0.2, 0) is 16.2 Å². The van der Waals surface area contributed by atoms with Crippen molar-refractivity contribution in [2.45, 2.75) is 19.6 Å². The van der Waals surface area contributed by atoms with Gasteiger partial charge in [0, 0.05) is 31.0 Å². The SMILES string of the molecule is Cc1cccc(COc2ccc(C(=O)C3C(=O)C(=O)N(CCN(C)C)C3c3ccncc3)cc2)c1. The summed E-state index contributed by atoms with van der Waals surface area (Å²) in [6, 6.07) is 17.6.